The van der Waals surface area contributed by atoms with Crippen molar-refractivity contribution in [1.82, 2.24) is 9.88 Å². The fourth-order valence-electron chi connectivity index (χ4n) is 3.17. The van der Waals surface area contributed by atoms with E-state index in [1.807, 2.05) is 6.07 Å². The minimum absolute atomic E-state index is 0.146. The lowest BCUT2D eigenvalue weighted by Crippen LogP contribution is -2.48. The molecule has 2 heterocycles. The number of carbonyl (C=O) groups excluding carboxylic acids is 1. The first-order chi connectivity index (χ1) is 13.1. The third-order valence-corrected chi connectivity index (χ3v) is 5.95. The molecule has 0 aliphatic carbocycles. The largest absolute Gasteiger partial charge is 0.493 e. The molecule has 0 spiro atoms. The van der Waals surface area contributed by atoms with E-state index in [1.165, 1.54) is 12.1 Å². The summed E-state index contributed by atoms with van der Waals surface area (Å²) >= 11 is 7.75. The number of carbonyl (C=O) groups is 1. The number of piperazine rings is 1. The van der Waals surface area contributed by atoms with E-state index in [0.29, 0.717) is 42.5 Å². The number of aromatic nitrogens is 1. The van der Waals surface area contributed by atoms with Crippen molar-refractivity contribution < 1.29 is 13.9 Å². The molecule has 5 nitrogen and oxygen atoms in total. The number of nitrogens with zero attached hydrogens (tertiary/aromatic N) is 3. The maximum Gasteiger partial charge on any atom is 0.254 e. The molecule has 1 aromatic heterocycles. The van der Waals surface area contributed by atoms with E-state index in [-0.39, 0.29) is 5.91 Å². The van der Waals surface area contributed by atoms with Crippen LogP contribution in [0.2, 0.25) is 5.02 Å². The Kier molecular flexibility index (Phi) is 4.88. The Bertz CT molecular complexity index is 1000. The molecule has 140 valence electrons. The van der Waals surface area contributed by atoms with E-state index in [9.17, 15) is 9.18 Å². The summed E-state index contributed by atoms with van der Waals surface area (Å²) in [6.45, 7) is 2.44. The molecule has 2 aromatic carbocycles. The molecule has 27 heavy (non-hydrogen) atoms. The Morgan fingerprint density at radius 2 is 2.00 bits per heavy atom. The summed E-state index contributed by atoms with van der Waals surface area (Å²) < 4.78 is 19.7. The second kappa shape index (κ2) is 7.32. The first-order valence-corrected chi connectivity index (χ1v) is 9.69. The summed E-state index contributed by atoms with van der Waals surface area (Å²) in [4.78, 5) is 21.1. The third kappa shape index (κ3) is 3.44. The molecule has 1 amide bonds. The van der Waals surface area contributed by atoms with Crippen LogP contribution in [0.15, 0.2) is 36.4 Å². The molecule has 8 heteroatoms. The topological polar surface area (TPSA) is 45.7 Å². The maximum absolute atomic E-state index is 13.4. The average molecular weight is 406 g/mol. The molecule has 1 fully saturated rings. The Morgan fingerprint density at radius 1 is 1.22 bits per heavy atom. The molecule has 1 saturated heterocycles. The van der Waals surface area contributed by atoms with E-state index in [2.05, 4.69) is 9.88 Å². The van der Waals surface area contributed by atoms with Gasteiger partial charge in [0.2, 0.25) is 0 Å². The van der Waals surface area contributed by atoms with Gasteiger partial charge in [-0.3, -0.25) is 4.79 Å². The summed E-state index contributed by atoms with van der Waals surface area (Å²) in [5.41, 5.74) is 1.13. The van der Waals surface area contributed by atoms with Gasteiger partial charge in [0.25, 0.3) is 5.91 Å². The minimum Gasteiger partial charge on any atom is -0.493 e. The lowest BCUT2D eigenvalue weighted by Gasteiger charge is -2.34. The number of thiazole rings is 1. The van der Waals surface area contributed by atoms with Gasteiger partial charge < -0.3 is 14.5 Å². The van der Waals surface area contributed by atoms with Crippen molar-refractivity contribution in [1.29, 1.82) is 0 Å². The third-order valence-electron chi connectivity index (χ3n) is 4.57. The molecule has 0 unspecified atom stereocenters. The Labute approximate surface area is 164 Å². The summed E-state index contributed by atoms with van der Waals surface area (Å²) in [6.07, 6.45) is 0. The van der Waals surface area contributed by atoms with Gasteiger partial charge in [-0.15, -0.1) is 0 Å². The minimum atomic E-state index is -0.401. The monoisotopic (exact) mass is 405 g/mol. The molecular formula is C19H17ClFN3O2S. The number of ether oxygens (including phenoxy) is 1. The second-order valence-electron chi connectivity index (χ2n) is 6.21. The zero-order valence-corrected chi connectivity index (χ0v) is 16.2. The molecule has 0 saturated carbocycles. The van der Waals surface area contributed by atoms with E-state index < -0.39 is 5.82 Å². The highest BCUT2D eigenvalue weighted by molar-refractivity contribution is 7.22. The van der Waals surface area contributed by atoms with Crippen molar-refractivity contribution in [3.8, 4) is 5.75 Å². The first-order valence-electron chi connectivity index (χ1n) is 8.49. The molecule has 0 radical (unpaired) electrons. The highest BCUT2D eigenvalue weighted by Gasteiger charge is 2.25. The lowest BCUT2D eigenvalue weighted by molar-refractivity contribution is 0.0746. The number of halogens is 2. The van der Waals surface area contributed by atoms with Gasteiger partial charge in [-0.05, 0) is 30.3 Å². The predicted octanol–water partition coefficient (Wildman–Crippen LogP) is 4.06. The second-order valence-corrected chi connectivity index (χ2v) is 7.63. The molecule has 0 bridgehead atoms. The van der Waals surface area contributed by atoms with Crippen molar-refractivity contribution in [2.24, 2.45) is 0 Å². The predicted molar refractivity (Wildman–Crippen MR) is 106 cm³/mol. The average Bonchev–Trinajstić information content (AvgIpc) is 3.12. The molecule has 3 aromatic rings. The fraction of sp³-hybridized carbons (Fsp3) is 0.263. The van der Waals surface area contributed by atoms with Crippen LogP contribution in [0.5, 0.6) is 5.75 Å². The normalized spacial score (nSPS) is 14.6. The van der Waals surface area contributed by atoms with Crippen LogP contribution in [0.1, 0.15) is 10.4 Å². The molecular weight excluding hydrogens is 389 g/mol. The molecule has 0 atom stereocenters. The summed E-state index contributed by atoms with van der Waals surface area (Å²) in [6, 6.07) is 9.55. The van der Waals surface area contributed by atoms with E-state index in [0.717, 1.165) is 15.3 Å². The van der Waals surface area contributed by atoms with Gasteiger partial charge >= 0.3 is 0 Å². The first kappa shape index (κ1) is 18.0. The molecule has 4 rings (SSSR count). The zero-order valence-electron chi connectivity index (χ0n) is 14.6. The summed E-state index contributed by atoms with van der Waals surface area (Å²) in [7, 11) is 1.58. The van der Waals surface area contributed by atoms with Crippen LogP contribution in [-0.4, -0.2) is 49.1 Å². The van der Waals surface area contributed by atoms with Crippen molar-refractivity contribution in [2.75, 3.05) is 38.2 Å². The SMILES string of the molecule is COc1c(Cl)ccc2sc(N3CCN(C(=O)c4cccc(F)c4)CC3)nc12. The van der Waals surface area contributed by atoms with Crippen LogP contribution in [0, 0.1) is 5.82 Å². The number of anilines is 1. The molecule has 0 N–H and O–H groups in total. The standard InChI is InChI=1S/C19H17ClFN3O2S/c1-26-17-14(20)5-6-15-16(17)22-19(27-15)24-9-7-23(8-10-24)18(25)12-3-2-4-13(21)11-12/h2-6,11H,7-10H2,1H3. The van der Waals surface area contributed by atoms with Gasteiger partial charge in [-0.2, -0.15) is 0 Å². The zero-order chi connectivity index (χ0) is 19.0. The number of hydrogen-bond donors (Lipinski definition) is 0. The maximum atomic E-state index is 13.4. The van der Waals surface area contributed by atoms with E-state index >= 15 is 0 Å². The van der Waals surface area contributed by atoms with Gasteiger partial charge in [-0.1, -0.05) is 29.0 Å². The molecule has 1 aliphatic rings. The highest BCUT2D eigenvalue weighted by Crippen LogP contribution is 2.38. The summed E-state index contributed by atoms with van der Waals surface area (Å²) in [5, 5.41) is 1.41. The van der Waals surface area contributed by atoms with Crippen LogP contribution in [0.25, 0.3) is 10.2 Å². The quantitative estimate of drug-likeness (QED) is 0.659. The van der Waals surface area contributed by atoms with E-state index in [1.54, 1.807) is 41.5 Å². The Morgan fingerprint density at radius 3 is 2.70 bits per heavy atom. The number of rotatable bonds is 3. The van der Waals surface area contributed by atoms with Crippen LogP contribution < -0.4 is 9.64 Å². The van der Waals surface area contributed by atoms with Crippen LogP contribution in [0.4, 0.5) is 9.52 Å². The molecule has 1 aliphatic heterocycles. The number of fused-ring (bicyclic) bond motifs is 1. The van der Waals surface area contributed by atoms with Crippen molar-refractivity contribution in [3.05, 3.63) is 52.8 Å². The van der Waals surface area contributed by atoms with Crippen LogP contribution in [0.3, 0.4) is 0 Å². The number of hydrogen-bond acceptors (Lipinski definition) is 5. The number of benzene rings is 2. The lowest BCUT2D eigenvalue weighted by atomic mass is 10.2. The van der Waals surface area contributed by atoms with Crippen molar-refractivity contribution in [3.63, 3.8) is 0 Å². The van der Waals surface area contributed by atoms with Gasteiger partial charge in [0.1, 0.15) is 11.3 Å². The van der Waals surface area contributed by atoms with Gasteiger partial charge in [0.15, 0.2) is 10.9 Å². The van der Waals surface area contributed by atoms with Gasteiger partial charge in [-0.25, -0.2) is 9.37 Å². The van der Waals surface area contributed by atoms with Crippen molar-refractivity contribution in [2.45, 2.75) is 0 Å². The number of methoxy groups -OCH3 is 1. The van der Waals surface area contributed by atoms with Gasteiger partial charge in [0, 0.05) is 31.7 Å². The fourth-order valence-corrected chi connectivity index (χ4v) is 4.41. The highest BCUT2D eigenvalue weighted by atomic mass is 35.5. The van der Waals surface area contributed by atoms with E-state index in [4.69, 9.17) is 16.3 Å². The summed E-state index contributed by atoms with van der Waals surface area (Å²) in [5.74, 6) is 0.0325. The van der Waals surface area contributed by atoms with Gasteiger partial charge in [0.05, 0.1) is 16.8 Å². The van der Waals surface area contributed by atoms with Crippen LogP contribution >= 0.6 is 22.9 Å². The Hall–Kier alpha value is -2.38. The number of amides is 1. The smallest absolute Gasteiger partial charge is 0.254 e. The van der Waals surface area contributed by atoms with Crippen LogP contribution in [-0.2, 0) is 0 Å². The Balaban J connectivity index is 1.49. The van der Waals surface area contributed by atoms with Crippen molar-refractivity contribution >= 4 is 44.2 Å².